The number of methoxy groups -OCH3 is 2. The molecular weight excluding hydrogens is 548 g/mol. The lowest BCUT2D eigenvalue weighted by Gasteiger charge is -2.32. The van der Waals surface area contributed by atoms with Gasteiger partial charge in [-0.1, -0.05) is 13.8 Å². The van der Waals surface area contributed by atoms with Gasteiger partial charge in [-0.3, -0.25) is 4.79 Å². The normalized spacial score (nSPS) is 16.4. The standard InChI is InChI=1S/C32H44N6O5/c1-20-17-25-26(32(3,4)19-42-25)21(2)23(20)18-22-9-10-24(43-22)28(39)34-27-29(40-6)35-31(36-30(27)41-7)33-11-8-12-38-15-13-37(5)14-16-38/h9-10,17H,8,11-16,18-19H2,1-7H3,(H,34,39)(H,33,35,36). The van der Waals surface area contributed by atoms with Gasteiger partial charge in [0.1, 0.15) is 11.5 Å². The maximum atomic E-state index is 13.2. The van der Waals surface area contributed by atoms with Gasteiger partial charge in [0.15, 0.2) is 11.4 Å². The van der Waals surface area contributed by atoms with Gasteiger partial charge < -0.3 is 39.1 Å². The predicted molar refractivity (Wildman–Crippen MR) is 166 cm³/mol. The fraction of sp³-hybridized carbons (Fsp3) is 0.531. The van der Waals surface area contributed by atoms with Crippen molar-refractivity contribution in [1.29, 1.82) is 0 Å². The molecule has 0 atom stereocenters. The van der Waals surface area contributed by atoms with Crippen LogP contribution >= 0.6 is 0 Å². The molecule has 43 heavy (non-hydrogen) atoms. The number of nitrogens with one attached hydrogen (secondary N) is 2. The molecule has 2 aromatic heterocycles. The van der Waals surface area contributed by atoms with Gasteiger partial charge in [0.25, 0.3) is 5.91 Å². The number of anilines is 2. The molecule has 0 unspecified atom stereocenters. The highest BCUT2D eigenvalue weighted by molar-refractivity contribution is 6.03. The van der Waals surface area contributed by atoms with E-state index in [4.69, 9.17) is 18.6 Å². The molecule has 4 heterocycles. The van der Waals surface area contributed by atoms with E-state index in [1.165, 1.54) is 30.9 Å². The van der Waals surface area contributed by atoms with Crippen LogP contribution < -0.4 is 24.8 Å². The number of amides is 1. The van der Waals surface area contributed by atoms with Crippen LogP contribution in [0.25, 0.3) is 0 Å². The molecule has 1 amide bonds. The van der Waals surface area contributed by atoms with E-state index in [1.807, 2.05) is 6.07 Å². The molecule has 1 aromatic carbocycles. The number of carbonyl (C=O) groups excluding carboxylic acids is 1. The van der Waals surface area contributed by atoms with Crippen LogP contribution in [-0.4, -0.2) is 92.8 Å². The van der Waals surface area contributed by atoms with Gasteiger partial charge in [-0.2, -0.15) is 9.97 Å². The second-order valence-corrected chi connectivity index (χ2v) is 12.1. The van der Waals surface area contributed by atoms with E-state index in [2.05, 4.69) is 71.2 Å². The van der Waals surface area contributed by atoms with Crippen LogP contribution in [0.3, 0.4) is 0 Å². The first-order chi connectivity index (χ1) is 20.6. The van der Waals surface area contributed by atoms with Crippen molar-refractivity contribution in [3.63, 3.8) is 0 Å². The van der Waals surface area contributed by atoms with E-state index in [-0.39, 0.29) is 28.6 Å². The maximum Gasteiger partial charge on any atom is 0.291 e. The number of nitrogens with zero attached hydrogens (tertiary/aromatic N) is 4. The van der Waals surface area contributed by atoms with Gasteiger partial charge in [0, 0.05) is 50.1 Å². The SMILES string of the molecule is COc1nc(NCCCN2CCN(C)CC2)nc(OC)c1NC(=O)c1ccc(Cc2c(C)cc3c(c2C)C(C)(C)CO3)o1. The summed E-state index contributed by atoms with van der Waals surface area (Å²) in [4.78, 5) is 27.0. The second-order valence-electron chi connectivity index (χ2n) is 12.1. The Kier molecular flexibility index (Phi) is 9.12. The summed E-state index contributed by atoms with van der Waals surface area (Å²) in [7, 11) is 5.14. The molecule has 2 aliphatic rings. The van der Waals surface area contributed by atoms with Gasteiger partial charge in [-0.25, -0.2) is 0 Å². The Morgan fingerprint density at radius 2 is 1.77 bits per heavy atom. The van der Waals surface area contributed by atoms with E-state index in [1.54, 1.807) is 6.07 Å². The number of hydrogen-bond acceptors (Lipinski definition) is 10. The Balaban J connectivity index is 1.24. The first-order valence-corrected chi connectivity index (χ1v) is 14.9. The number of piperazine rings is 1. The molecule has 0 spiro atoms. The summed E-state index contributed by atoms with van der Waals surface area (Å²) in [5.74, 6) is 2.14. The number of aryl methyl sites for hydroxylation is 1. The van der Waals surface area contributed by atoms with Crippen LogP contribution in [0.4, 0.5) is 11.6 Å². The predicted octanol–water partition coefficient (Wildman–Crippen LogP) is 4.27. The quantitative estimate of drug-likeness (QED) is 0.313. The van der Waals surface area contributed by atoms with E-state index < -0.39 is 5.91 Å². The minimum absolute atomic E-state index is 0.0497. The van der Waals surface area contributed by atoms with Crippen molar-refractivity contribution in [3.8, 4) is 17.5 Å². The van der Waals surface area contributed by atoms with Crippen LogP contribution in [0.5, 0.6) is 17.5 Å². The molecule has 11 heteroatoms. The fourth-order valence-electron chi connectivity index (χ4n) is 5.97. The summed E-state index contributed by atoms with van der Waals surface area (Å²) >= 11 is 0. The van der Waals surface area contributed by atoms with Crippen LogP contribution in [0.1, 0.15) is 58.8 Å². The van der Waals surface area contributed by atoms with Gasteiger partial charge in [-0.05, 0) is 68.8 Å². The number of likely N-dealkylation sites (N-methyl/N-ethyl adjacent to an activating group) is 1. The van der Waals surface area contributed by atoms with Gasteiger partial charge in [-0.15, -0.1) is 0 Å². The Morgan fingerprint density at radius 1 is 1.07 bits per heavy atom. The molecule has 3 aromatic rings. The lowest BCUT2D eigenvalue weighted by Crippen LogP contribution is -2.44. The monoisotopic (exact) mass is 592 g/mol. The van der Waals surface area contributed by atoms with E-state index in [0.717, 1.165) is 50.5 Å². The third kappa shape index (κ3) is 6.73. The molecule has 1 saturated heterocycles. The third-order valence-electron chi connectivity index (χ3n) is 8.40. The molecule has 0 saturated carbocycles. The largest absolute Gasteiger partial charge is 0.492 e. The number of benzene rings is 1. The molecular formula is C32H44N6O5. The molecule has 0 aliphatic carbocycles. The van der Waals surface area contributed by atoms with Crippen LogP contribution in [0, 0.1) is 13.8 Å². The number of ether oxygens (including phenoxy) is 3. The minimum atomic E-state index is -0.448. The van der Waals surface area contributed by atoms with Crippen molar-refractivity contribution in [1.82, 2.24) is 19.8 Å². The van der Waals surface area contributed by atoms with Crippen molar-refractivity contribution in [2.24, 2.45) is 0 Å². The van der Waals surface area contributed by atoms with Gasteiger partial charge in [0.05, 0.1) is 20.8 Å². The molecule has 2 aliphatic heterocycles. The zero-order valence-corrected chi connectivity index (χ0v) is 26.4. The summed E-state index contributed by atoms with van der Waals surface area (Å²) in [6, 6.07) is 5.61. The summed E-state index contributed by atoms with van der Waals surface area (Å²) in [5.41, 5.74) is 4.96. The molecule has 5 rings (SSSR count). The number of hydrogen-bond donors (Lipinski definition) is 2. The average molecular weight is 593 g/mol. The Bertz CT molecular complexity index is 1440. The van der Waals surface area contributed by atoms with E-state index in [9.17, 15) is 4.79 Å². The number of furan rings is 1. The lowest BCUT2D eigenvalue weighted by atomic mass is 9.81. The minimum Gasteiger partial charge on any atom is -0.492 e. The highest BCUT2D eigenvalue weighted by Gasteiger charge is 2.35. The zero-order chi connectivity index (χ0) is 30.7. The summed E-state index contributed by atoms with van der Waals surface area (Å²) in [5, 5.41) is 6.07. The molecule has 11 nitrogen and oxygen atoms in total. The third-order valence-corrected chi connectivity index (χ3v) is 8.40. The topological polar surface area (TPSA) is 114 Å². The number of rotatable bonds is 11. The molecule has 0 radical (unpaired) electrons. The van der Waals surface area contributed by atoms with Crippen LogP contribution in [0.15, 0.2) is 22.6 Å². The highest BCUT2D eigenvalue weighted by Crippen LogP contribution is 2.43. The molecule has 2 N–H and O–H groups in total. The summed E-state index contributed by atoms with van der Waals surface area (Å²) < 4.78 is 23.0. The Hall–Kier alpha value is -3.83. The van der Waals surface area contributed by atoms with E-state index >= 15 is 0 Å². The Labute approximate surface area is 253 Å². The maximum absolute atomic E-state index is 13.2. The number of aromatic nitrogens is 2. The highest BCUT2D eigenvalue weighted by atomic mass is 16.5. The van der Waals surface area contributed by atoms with Crippen LogP contribution in [-0.2, 0) is 11.8 Å². The molecule has 1 fully saturated rings. The van der Waals surface area contributed by atoms with Crippen molar-refractivity contribution < 1.29 is 23.4 Å². The van der Waals surface area contributed by atoms with Crippen molar-refractivity contribution >= 4 is 17.5 Å². The molecule has 0 bridgehead atoms. The summed E-state index contributed by atoms with van der Waals surface area (Å²) in [6.07, 6.45) is 1.52. The average Bonchev–Trinajstić information content (AvgIpc) is 3.58. The van der Waals surface area contributed by atoms with Crippen molar-refractivity contribution in [3.05, 3.63) is 52.0 Å². The lowest BCUT2D eigenvalue weighted by molar-refractivity contribution is 0.0994. The van der Waals surface area contributed by atoms with Gasteiger partial charge in [0.2, 0.25) is 17.7 Å². The molecule has 232 valence electrons. The second kappa shape index (κ2) is 12.8. The first-order valence-electron chi connectivity index (χ1n) is 14.9. The first kappa shape index (κ1) is 30.6. The van der Waals surface area contributed by atoms with Crippen molar-refractivity contribution in [2.45, 2.75) is 46.0 Å². The van der Waals surface area contributed by atoms with E-state index in [0.29, 0.717) is 31.3 Å². The van der Waals surface area contributed by atoms with Crippen LogP contribution in [0.2, 0.25) is 0 Å². The number of carbonyl (C=O) groups is 1. The number of fused-ring (bicyclic) bond motifs is 1. The Morgan fingerprint density at radius 3 is 2.44 bits per heavy atom. The van der Waals surface area contributed by atoms with Crippen molar-refractivity contribution in [2.75, 3.05) is 77.8 Å². The summed E-state index contributed by atoms with van der Waals surface area (Å²) in [6.45, 7) is 15.4. The van der Waals surface area contributed by atoms with Gasteiger partial charge >= 0.3 is 0 Å². The zero-order valence-electron chi connectivity index (χ0n) is 26.4. The fourth-order valence-corrected chi connectivity index (χ4v) is 5.97. The smallest absolute Gasteiger partial charge is 0.291 e.